The van der Waals surface area contributed by atoms with E-state index in [0.29, 0.717) is 39.9 Å². The van der Waals surface area contributed by atoms with Crippen molar-refractivity contribution in [3.63, 3.8) is 0 Å². The molecule has 0 unspecified atom stereocenters. The first kappa shape index (κ1) is 22.3. The van der Waals surface area contributed by atoms with Gasteiger partial charge in [-0.1, -0.05) is 0 Å². The lowest BCUT2D eigenvalue weighted by molar-refractivity contribution is -0.384. The number of ether oxygens (including phenoxy) is 3. The van der Waals surface area contributed by atoms with E-state index >= 15 is 0 Å². The van der Waals surface area contributed by atoms with E-state index < -0.39 is 4.92 Å². The van der Waals surface area contributed by atoms with Crippen molar-refractivity contribution in [2.45, 2.75) is 0 Å². The van der Waals surface area contributed by atoms with Gasteiger partial charge in [0.25, 0.3) is 5.69 Å². The van der Waals surface area contributed by atoms with Crippen LogP contribution in [0.25, 0.3) is 6.08 Å². The van der Waals surface area contributed by atoms with Crippen molar-refractivity contribution in [2.24, 2.45) is 0 Å². The summed E-state index contributed by atoms with van der Waals surface area (Å²) in [4.78, 5) is 27.4. The number of carbonyl (C=O) groups excluding carboxylic acids is 1. The topological polar surface area (TPSA) is 113 Å². The molecule has 1 aromatic heterocycles. The highest BCUT2D eigenvalue weighted by Crippen LogP contribution is 2.38. The largest absolute Gasteiger partial charge is 0.493 e. The van der Waals surface area contributed by atoms with Crippen molar-refractivity contribution in [3.8, 4) is 17.2 Å². The Morgan fingerprint density at radius 3 is 2.25 bits per heavy atom. The highest BCUT2D eigenvalue weighted by molar-refractivity contribution is 6.07. The van der Waals surface area contributed by atoms with E-state index in [2.05, 4.69) is 10.3 Å². The van der Waals surface area contributed by atoms with Gasteiger partial charge in [-0.25, -0.2) is 4.98 Å². The van der Waals surface area contributed by atoms with Gasteiger partial charge in [0.15, 0.2) is 17.3 Å². The number of hydrogen-bond acceptors (Lipinski definition) is 8. The molecule has 3 rings (SSSR count). The Labute approximate surface area is 184 Å². The van der Waals surface area contributed by atoms with Crippen molar-refractivity contribution in [1.82, 2.24) is 4.98 Å². The zero-order valence-electron chi connectivity index (χ0n) is 17.7. The van der Waals surface area contributed by atoms with Gasteiger partial charge in [0.2, 0.25) is 5.75 Å². The Morgan fingerprint density at radius 2 is 1.69 bits per heavy atom. The molecule has 0 saturated carbocycles. The number of allylic oxidation sites excluding steroid dienone is 1. The van der Waals surface area contributed by atoms with Crippen LogP contribution in [0, 0.1) is 10.1 Å². The summed E-state index contributed by atoms with van der Waals surface area (Å²) in [7, 11) is 4.45. The number of methoxy groups -OCH3 is 3. The fraction of sp³-hybridized carbons (Fsp3) is 0.130. The summed E-state index contributed by atoms with van der Waals surface area (Å²) >= 11 is 0. The molecule has 9 nitrogen and oxygen atoms in total. The van der Waals surface area contributed by atoms with Gasteiger partial charge in [-0.3, -0.25) is 14.9 Å². The van der Waals surface area contributed by atoms with Gasteiger partial charge in [0.1, 0.15) is 5.82 Å². The van der Waals surface area contributed by atoms with Crippen molar-refractivity contribution >= 4 is 29.1 Å². The van der Waals surface area contributed by atoms with Gasteiger partial charge >= 0.3 is 0 Å². The van der Waals surface area contributed by atoms with Crippen molar-refractivity contribution < 1.29 is 23.9 Å². The molecule has 32 heavy (non-hydrogen) atoms. The van der Waals surface area contributed by atoms with Crippen LogP contribution in [0.15, 0.2) is 60.8 Å². The molecule has 0 aliphatic carbocycles. The first-order chi connectivity index (χ1) is 15.5. The highest BCUT2D eigenvalue weighted by atomic mass is 16.6. The summed E-state index contributed by atoms with van der Waals surface area (Å²) in [5.41, 5.74) is 1.64. The van der Waals surface area contributed by atoms with Crippen LogP contribution in [0.3, 0.4) is 0 Å². The monoisotopic (exact) mass is 435 g/mol. The third-order valence-corrected chi connectivity index (χ3v) is 4.54. The number of benzene rings is 2. The Kier molecular flexibility index (Phi) is 7.02. The van der Waals surface area contributed by atoms with E-state index in [1.54, 1.807) is 48.7 Å². The maximum absolute atomic E-state index is 12.8. The number of pyridine rings is 1. The second kappa shape index (κ2) is 10.1. The molecule has 3 aromatic rings. The van der Waals surface area contributed by atoms with Gasteiger partial charge in [-0.15, -0.1) is 0 Å². The van der Waals surface area contributed by atoms with Crippen LogP contribution in [0.5, 0.6) is 17.2 Å². The summed E-state index contributed by atoms with van der Waals surface area (Å²) in [5, 5.41) is 13.9. The SMILES string of the molecule is COc1cc(C(=O)/C=C/c2cccnc2Nc2ccc([N+](=O)[O-])cc2)cc(OC)c1OC. The van der Waals surface area contributed by atoms with Crippen LogP contribution < -0.4 is 19.5 Å². The third kappa shape index (κ3) is 5.01. The maximum atomic E-state index is 12.8. The molecule has 0 bridgehead atoms. The lowest BCUT2D eigenvalue weighted by Gasteiger charge is -2.13. The second-order valence-electron chi connectivity index (χ2n) is 6.48. The van der Waals surface area contributed by atoms with E-state index in [4.69, 9.17) is 14.2 Å². The fourth-order valence-corrected chi connectivity index (χ4v) is 2.94. The van der Waals surface area contributed by atoms with Crippen LogP contribution in [-0.2, 0) is 0 Å². The van der Waals surface area contributed by atoms with Crippen molar-refractivity contribution in [1.29, 1.82) is 0 Å². The quantitative estimate of drug-likeness (QED) is 0.224. The average Bonchev–Trinajstić information content (AvgIpc) is 2.82. The summed E-state index contributed by atoms with van der Waals surface area (Å²) < 4.78 is 15.9. The van der Waals surface area contributed by atoms with Gasteiger partial charge in [-0.2, -0.15) is 0 Å². The molecule has 0 saturated heterocycles. The molecule has 0 aliphatic rings. The minimum atomic E-state index is -0.465. The van der Waals surface area contributed by atoms with Gasteiger partial charge in [-0.05, 0) is 48.6 Å². The number of ketones is 1. The van der Waals surface area contributed by atoms with E-state index in [-0.39, 0.29) is 11.5 Å². The number of nitro groups is 1. The molecule has 2 aromatic carbocycles. The molecule has 0 amide bonds. The molecule has 0 spiro atoms. The van der Waals surface area contributed by atoms with Crippen LogP contribution in [0.1, 0.15) is 15.9 Å². The molecule has 0 aliphatic heterocycles. The Hall–Kier alpha value is -4.40. The summed E-state index contributed by atoms with van der Waals surface area (Å²) in [6, 6.07) is 12.6. The molecule has 0 radical (unpaired) electrons. The number of aromatic nitrogens is 1. The minimum absolute atomic E-state index is 0.00682. The first-order valence-electron chi connectivity index (χ1n) is 9.45. The zero-order chi connectivity index (χ0) is 23.1. The predicted molar refractivity (Wildman–Crippen MR) is 120 cm³/mol. The van der Waals surface area contributed by atoms with Crippen molar-refractivity contribution in [3.05, 3.63) is 82.0 Å². The number of hydrogen-bond donors (Lipinski definition) is 1. The van der Waals surface area contributed by atoms with Crippen molar-refractivity contribution in [2.75, 3.05) is 26.6 Å². The van der Waals surface area contributed by atoms with E-state index in [0.717, 1.165) is 0 Å². The summed E-state index contributed by atoms with van der Waals surface area (Å²) in [6.07, 6.45) is 4.65. The van der Waals surface area contributed by atoms with E-state index in [9.17, 15) is 14.9 Å². The molecule has 1 N–H and O–H groups in total. The number of rotatable bonds is 9. The average molecular weight is 435 g/mol. The number of non-ortho nitro benzene ring substituents is 1. The van der Waals surface area contributed by atoms with Gasteiger partial charge in [0.05, 0.1) is 26.3 Å². The summed E-state index contributed by atoms with van der Waals surface area (Å²) in [6.45, 7) is 0. The Bertz CT molecular complexity index is 1130. The second-order valence-corrected chi connectivity index (χ2v) is 6.48. The molecule has 164 valence electrons. The smallest absolute Gasteiger partial charge is 0.269 e. The van der Waals surface area contributed by atoms with Crippen LogP contribution in [0.4, 0.5) is 17.2 Å². The number of nitrogens with zero attached hydrogens (tertiary/aromatic N) is 2. The minimum Gasteiger partial charge on any atom is -0.493 e. The number of anilines is 2. The molecular weight excluding hydrogens is 414 g/mol. The number of nitro benzene ring substituents is 1. The number of carbonyl (C=O) groups is 1. The van der Waals surface area contributed by atoms with Crippen LogP contribution >= 0.6 is 0 Å². The Morgan fingerprint density at radius 1 is 1.03 bits per heavy atom. The normalized spacial score (nSPS) is 10.6. The van der Waals surface area contributed by atoms with Gasteiger partial charge in [0, 0.05) is 35.1 Å². The molecule has 9 heteroatoms. The lowest BCUT2D eigenvalue weighted by Crippen LogP contribution is -2.01. The van der Waals surface area contributed by atoms with Crippen LogP contribution in [-0.4, -0.2) is 37.0 Å². The van der Waals surface area contributed by atoms with E-state index in [1.807, 2.05) is 0 Å². The third-order valence-electron chi connectivity index (χ3n) is 4.54. The molecule has 1 heterocycles. The summed E-state index contributed by atoms with van der Waals surface area (Å²) in [5.74, 6) is 1.39. The first-order valence-corrected chi connectivity index (χ1v) is 9.45. The standard InChI is InChI=1S/C23H21N3O6/c1-30-20-13-16(14-21(31-2)22(20)32-3)19(27)11-6-15-5-4-12-24-23(15)25-17-7-9-18(10-8-17)26(28)29/h4-14H,1-3H3,(H,24,25)/b11-6+. The van der Waals surface area contributed by atoms with Crippen LogP contribution in [0.2, 0.25) is 0 Å². The van der Waals surface area contributed by atoms with E-state index in [1.165, 1.54) is 39.5 Å². The predicted octanol–water partition coefficient (Wildman–Crippen LogP) is 4.66. The molecular formula is C23H21N3O6. The maximum Gasteiger partial charge on any atom is 0.269 e. The number of nitrogens with one attached hydrogen (secondary N) is 1. The fourth-order valence-electron chi connectivity index (χ4n) is 2.94. The molecule has 0 fully saturated rings. The highest BCUT2D eigenvalue weighted by Gasteiger charge is 2.16. The zero-order valence-corrected chi connectivity index (χ0v) is 17.7. The lowest BCUT2D eigenvalue weighted by atomic mass is 10.1. The Balaban J connectivity index is 1.84. The van der Waals surface area contributed by atoms with Gasteiger partial charge < -0.3 is 19.5 Å². The molecule has 0 atom stereocenters.